The number of hydrogen-bond donors (Lipinski definition) is 1. The lowest BCUT2D eigenvalue weighted by molar-refractivity contribution is 0.115. The zero-order valence-corrected chi connectivity index (χ0v) is 9.47. The van der Waals surface area contributed by atoms with Crippen LogP contribution in [0.5, 0.6) is 0 Å². The largest absolute Gasteiger partial charge is 0.388 e. The van der Waals surface area contributed by atoms with Crippen molar-refractivity contribution in [2.75, 3.05) is 0 Å². The molecule has 0 aromatic heterocycles. The first-order valence-corrected chi connectivity index (χ1v) is 5.78. The summed E-state index contributed by atoms with van der Waals surface area (Å²) in [6.45, 7) is 0. The van der Waals surface area contributed by atoms with Crippen molar-refractivity contribution < 1.29 is 13.9 Å². The number of aliphatic hydroxyl groups excluding tert-OH is 1. The molecule has 4 heteroatoms. The zero-order chi connectivity index (χ0) is 11.7. The van der Waals surface area contributed by atoms with Crippen LogP contribution in [0.3, 0.4) is 0 Å². The molecule has 0 aliphatic heterocycles. The van der Waals surface area contributed by atoms with Crippen LogP contribution in [0.4, 0.5) is 8.78 Å². The molecule has 1 aliphatic rings. The molecule has 2 rings (SSSR count). The van der Waals surface area contributed by atoms with E-state index in [1.54, 1.807) is 0 Å². The van der Waals surface area contributed by atoms with Crippen molar-refractivity contribution in [3.05, 3.63) is 34.4 Å². The third-order valence-corrected chi connectivity index (χ3v) is 3.47. The van der Waals surface area contributed by atoms with Crippen LogP contribution in [-0.2, 0) is 0 Å². The molecule has 0 amide bonds. The maximum Gasteiger partial charge on any atom is 0.142 e. The summed E-state index contributed by atoms with van der Waals surface area (Å²) in [5.74, 6) is -0.892. The van der Waals surface area contributed by atoms with Gasteiger partial charge in [-0.1, -0.05) is 30.9 Å². The predicted molar refractivity (Wildman–Crippen MR) is 58.3 cm³/mol. The van der Waals surface area contributed by atoms with E-state index >= 15 is 0 Å². The fourth-order valence-electron chi connectivity index (χ4n) is 1.96. The third kappa shape index (κ3) is 2.36. The lowest BCUT2D eigenvalue weighted by Crippen LogP contribution is -2.15. The molecule has 1 N–H and O–H groups in total. The molecule has 1 aromatic carbocycles. The standard InChI is InChI=1S/C12H13ClF2O/c13-9-6-10(14)8(5-11(9)15)12(16)4-7-2-1-3-7/h5-7,12,16H,1-4H2. The van der Waals surface area contributed by atoms with Crippen LogP contribution in [-0.4, -0.2) is 5.11 Å². The van der Waals surface area contributed by atoms with Gasteiger partial charge in [-0.3, -0.25) is 0 Å². The summed E-state index contributed by atoms with van der Waals surface area (Å²) in [5.41, 5.74) is 0.00815. The summed E-state index contributed by atoms with van der Waals surface area (Å²) in [5, 5.41) is 9.55. The summed E-state index contributed by atoms with van der Waals surface area (Å²) < 4.78 is 26.6. The van der Waals surface area contributed by atoms with Gasteiger partial charge in [0.05, 0.1) is 11.1 Å². The van der Waals surface area contributed by atoms with Crippen molar-refractivity contribution in [1.82, 2.24) is 0 Å². The van der Waals surface area contributed by atoms with Crippen LogP contribution < -0.4 is 0 Å². The SMILES string of the molecule is OC(CC1CCC1)c1cc(F)c(Cl)cc1F. The van der Waals surface area contributed by atoms with Crippen LogP contribution in [0.2, 0.25) is 5.02 Å². The van der Waals surface area contributed by atoms with Gasteiger partial charge < -0.3 is 5.11 Å². The minimum absolute atomic E-state index is 0.00815. The molecule has 0 saturated heterocycles. The van der Waals surface area contributed by atoms with Gasteiger partial charge in [0.2, 0.25) is 0 Å². The van der Waals surface area contributed by atoms with Crippen LogP contribution >= 0.6 is 11.6 Å². The monoisotopic (exact) mass is 246 g/mol. The number of halogens is 3. The van der Waals surface area contributed by atoms with E-state index in [9.17, 15) is 13.9 Å². The highest BCUT2D eigenvalue weighted by molar-refractivity contribution is 6.30. The highest BCUT2D eigenvalue weighted by atomic mass is 35.5. The van der Waals surface area contributed by atoms with Gasteiger partial charge in [-0.25, -0.2) is 8.78 Å². The van der Waals surface area contributed by atoms with Crippen molar-refractivity contribution in [2.45, 2.75) is 31.8 Å². The average molecular weight is 247 g/mol. The lowest BCUT2D eigenvalue weighted by atomic mass is 9.80. The van der Waals surface area contributed by atoms with Gasteiger partial charge in [-0.15, -0.1) is 0 Å². The summed E-state index contributed by atoms with van der Waals surface area (Å²) in [4.78, 5) is 0. The Balaban J connectivity index is 2.14. The molecule has 0 spiro atoms. The number of rotatable bonds is 3. The van der Waals surface area contributed by atoms with Crippen LogP contribution in [0, 0.1) is 17.6 Å². The van der Waals surface area contributed by atoms with Crippen LogP contribution in [0.1, 0.15) is 37.4 Å². The van der Waals surface area contributed by atoms with Crippen LogP contribution in [0.25, 0.3) is 0 Å². The molecule has 1 nitrogen and oxygen atoms in total. The molecule has 1 aromatic rings. The second-order valence-electron chi connectivity index (χ2n) is 4.34. The van der Waals surface area contributed by atoms with Crippen molar-refractivity contribution in [3.8, 4) is 0 Å². The van der Waals surface area contributed by atoms with Crippen molar-refractivity contribution in [3.63, 3.8) is 0 Å². The lowest BCUT2D eigenvalue weighted by Gasteiger charge is -2.27. The Kier molecular flexibility index (Phi) is 3.45. The Hall–Kier alpha value is -0.670. The van der Waals surface area contributed by atoms with Gasteiger partial charge in [-0.2, -0.15) is 0 Å². The molecule has 16 heavy (non-hydrogen) atoms. The fourth-order valence-corrected chi connectivity index (χ4v) is 2.11. The molecule has 88 valence electrons. The molecule has 1 aliphatic carbocycles. The third-order valence-electron chi connectivity index (χ3n) is 3.18. The highest BCUT2D eigenvalue weighted by Crippen LogP contribution is 2.36. The number of aliphatic hydroxyl groups is 1. The first-order chi connectivity index (χ1) is 7.58. The highest BCUT2D eigenvalue weighted by Gasteiger charge is 2.24. The number of hydrogen-bond acceptors (Lipinski definition) is 1. The van der Waals surface area contributed by atoms with E-state index in [0.29, 0.717) is 12.3 Å². The smallest absolute Gasteiger partial charge is 0.142 e. The first kappa shape index (κ1) is 11.8. The van der Waals surface area contributed by atoms with E-state index in [1.807, 2.05) is 0 Å². The zero-order valence-electron chi connectivity index (χ0n) is 8.72. The Bertz CT molecular complexity index is 391. The maximum absolute atomic E-state index is 13.4. The van der Waals surface area contributed by atoms with E-state index < -0.39 is 17.7 Å². The van der Waals surface area contributed by atoms with E-state index in [2.05, 4.69) is 0 Å². The van der Waals surface area contributed by atoms with Gasteiger partial charge in [-0.05, 0) is 24.5 Å². The van der Waals surface area contributed by atoms with Crippen LogP contribution in [0.15, 0.2) is 12.1 Å². The minimum atomic E-state index is -0.933. The topological polar surface area (TPSA) is 20.2 Å². The molecule has 1 fully saturated rings. The van der Waals surface area contributed by atoms with E-state index in [1.165, 1.54) is 0 Å². The molecule has 0 heterocycles. The Morgan fingerprint density at radius 3 is 2.56 bits per heavy atom. The quantitative estimate of drug-likeness (QED) is 0.804. The maximum atomic E-state index is 13.4. The Labute approximate surface area is 98.0 Å². The van der Waals surface area contributed by atoms with Gasteiger partial charge in [0.15, 0.2) is 0 Å². The summed E-state index contributed by atoms with van der Waals surface area (Å²) in [6, 6.07) is 1.90. The molecule has 1 atom stereocenters. The molecular formula is C12H13ClF2O. The Morgan fingerprint density at radius 1 is 1.31 bits per heavy atom. The normalized spacial score (nSPS) is 18.2. The van der Waals surface area contributed by atoms with Crippen molar-refractivity contribution in [2.24, 2.45) is 5.92 Å². The second-order valence-corrected chi connectivity index (χ2v) is 4.74. The van der Waals surface area contributed by atoms with Gasteiger partial charge in [0, 0.05) is 5.56 Å². The summed E-state index contributed by atoms with van der Waals surface area (Å²) in [7, 11) is 0. The van der Waals surface area contributed by atoms with E-state index in [-0.39, 0.29) is 10.6 Å². The molecular weight excluding hydrogens is 234 g/mol. The van der Waals surface area contributed by atoms with Gasteiger partial charge in [0.1, 0.15) is 11.6 Å². The fraction of sp³-hybridized carbons (Fsp3) is 0.500. The summed E-state index contributed by atoms with van der Waals surface area (Å²) >= 11 is 5.44. The predicted octanol–water partition coefficient (Wildman–Crippen LogP) is 3.84. The van der Waals surface area contributed by atoms with Gasteiger partial charge >= 0.3 is 0 Å². The molecule has 0 radical (unpaired) electrons. The Morgan fingerprint density at radius 2 is 2.00 bits per heavy atom. The van der Waals surface area contributed by atoms with Crippen molar-refractivity contribution >= 4 is 11.6 Å². The average Bonchev–Trinajstić information content (AvgIpc) is 2.17. The molecule has 1 unspecified atom stereocenters. The van der Waals surface area contributed by atoms with Gasteiger partial charge in [0.25, 0.3) is 0 Å². The minimum Gasteiger partial charge on any atom is -0.388 e. The molecule has 1 saturated carbocycles. The van der Waals surface area contributed by atoms with E-state index in [4.69, 9.17) is 11.6 Å². The second kappa shape index (κ2) is 4.68. The number of benzene rings is 1. The van der Waals surface area contributed by atoms with Crippen molar-refractivity contribution in [1.29, 1.82) is 0 Å². The first-order valence-electron chi connectivity index (χ1n) is 5.40. The van der Waals surface area contributed by atoms with E-state index in [0.717, 1.165) is 31.4 Å². The molecule has 0 bridgehead atoms. The summed E-state index contributed by atoms with van der Waals surface area (Å²) in [6.07, 6.45) is 2.85.